The first kappa shape index (κ1) is 21.7. The molecule has 0 aromatic carbocycles. The van der Waals surface area contributed by atoms with Crippen LogP contribution < -0.4 is 15.5 Å². The monoisotopic (exact) mass is 364 g/mol. The van der Waals surface area contributed by atoms with Crippen LogP contribution in [0.1, 0.15) is 6.92 Å². The molecular weight excluding hydrogens is 339 g/mol. The van der Waals surface area contributed by atoms with Gasteiger partial charge in [-0.1, -0.05) is 6.92 Å². The van der Waals surface area contributed by atoms with Gasteiger partial charge in [-0.3, -0.25) is 4.79 Å². The Bertz CT molecular complexity index is 494. The fourth-order valence-corrected chi connectivity index (χ4v) is 2.30. The zero-order valence-corrected chi connectivity index (χ0v) is 15.4. The SMILES string of the molecule is CC(CN)C(=O)N1CCN(c2ccnc(N(C)C)n2)CC1.Cl.Cl. The molecule has 1 saturated heterocycles. The summed E-state index contributed by atoms with van der Waals surface area (Å²) in [5, 5.41) is 0. The lowest BCUT2D eigenvalue weighted by atomic mass is 10.1. The van der Waals surface area contributed by atoms with Crippen molar-refractivity contribution in [1.82, 2.24) is 14.9 Å². The zero-order chi connectivity index (χ0) is 15.4. The fraction of sp³-hybridized carbons (Fsp3) is 0.643. The van der Waals surface area contributed by atoms with E-state index < -0.39 is 0 Å². The number of hydrogen-bond acceptors (Lipinski definition) is 6. The van der Waals surface area contributed by atoms with Crippen molar-refractivity contribution in [2.24, 2.45) is 11.7 Å². The van der Waals surface area contributed by atoms with E-state index in [4.69, 9.17) is 5.73 Å². The zero-order valence-electron chi connectivity index (χ0n) is 13.8. The molecule has 2 heterocycles. The second kappa shape index (κ2) is 9.75. The summed E-state index contributed by atoms with van der Waals surface area (Å²) in [5.41, 5.74) is 5.56. The molecule has 132 valence electrons. The lowest BCUT2D eigenvalue weighted by molar-refractivity contribution is -0.134. The first-order valence-corrected chi connectivity index (χ1v) is 7.27. The Hall–Kier alpha value is -1.31. The van der Waals surface area contributed by atoms with Gasteiger partial charge in [-0.25, -0.2) is 4.98 Å². The molecule has 1 unspecified atom stereocenters. The van der Waals surface area contributed by atoms with E-state index in [9.17, 15) is 4.79 Å². The standard InChI is InChI=1S/C14H24N6O.2ClH/c1-11(10-15)13(21)20-8-6-19(7-9-20)12-4-5-16-14(17-12)18(2)3;;/h4-5,11H,6-10,15H2,1-3H3;2*1H. The van der Waals surface area contributed by atoms with Gasteiger partial charge in [-0.05, 0) is 6.07 Å². The molecule has 1 aliphatic rings. The topological polar surface area (TPSA) is 78.6 Å². The number of amides is 1. The minimum atomic E-state index is -0.101. The quantitative estimate of drug-likeness (QED) is 0.843. The maximum atomic E-state index is 12.1. The predicted molar refractivity (Wildman–Crippen MR) is 97.9 cm³/mol. The van der Waals surface area contributed by atoms with Gasteiger partial charge in [0.05, 0.1) is 0 Å². The van der Waals surface area contributed by atoms with E-state index in [-0.39, 0.29) is 36.6 Å². The summed E-state index contributed by atoms with van der Waals surface area (Å²) in [6.07, 6.45) is 1.77. The highest BCUT2D eigenvalue weighted by Crippen LogP contribution is 2.16. The second-order valence-corrected chi connectivity index (χ2v) is 5.56. The Morgan fingerprint density at radius 1 is 1.30 bits per heavy atom. The number of rotatable bonds is 4. The van der Waals surface area contributed by atoms with Crippen LogP contribution in [-0.4, -0.2) is 67.6 Å². The van der Waals surface area contributed by atoms with Crippen molar-refractivity contribution < 1.29 is 4.79 Å². The molecule has 1 aliphatic heterocycles. The van der Waals surface area contributed by atoms with Gasteiger partial charge >= 0.3 is 0 Å². The van der Waals surface area contributed by atoms with E-state index in [1.807, 2.05) is 36.9 Å². The molecular formula is C14H26Cl2N6O. The molecule has 0 radical (unpaired) electrons. The van der Waals surface area contributed by atoms with Gasteiger partial charge in [0.1, 0.15) is 5.82 Å². The number of nitrogens with two attached hydrogens (primary N) is 1. The third-order valence-corrected chi connectivity index (χ3v) is 3.72. The molecule has 1 atom stereocenters. The van der Waals surface area contributed by atoms with Crippen LogP contribution in [0, 0.1) is 5.92 Å². The van der Waals surface area contributed by atoms with Crippen LogP contribution in [0.4, 0.5) is 11.8 Å². The van der Waals surface area contributed by atoms with Gasteiger partial charge in [0.25, 0.3) is 0 Å². The van der Waals surface area contributed by atoms with Gasteiger partial charge in [-0.15, -0.1) is 24.8 Å². The van der Waals surface area contributed by atoms with Crippen molar-refractivity contribution in [3.05, 3.63) is 12.3 Å². The average Bonchev–Trinajstić information content (AvgIpc) is 2.53. The van der Waals surface area contributed by atoms with Crippen LogP contribution >= 0.6 is 24.8 Å². The van der Waals surface area contributed by atoms with Crippen LogP contribution in [0.15, 0.2) is 12.3 Å². The molecule has 23 heavy (non-hydrogen) atoms. The van der Waals surface area contributed by atoms with Crippen molar-refractivity contribution in [3.8, 4) is 0 Å². The number of nitrogens with zero attached hydrogens (tertiary/aromatic N) is 5. The van der Waals surface area contributed by atoms with Crippen molar-refractivity contribution in [2.75, 3.05) is 56.6 Å². The summed E-state index contributed by atoms with van der Waals surface area (Å²) in [6.45, 7) is 5.27. The van der Waals surface area contributed by atoms with Gasteiger partial charge < -0.3 is 20.4 Å². The first-order chi connectivity index (χ1) is 10.0. The largest absolute Gasteiger partial charge is 0.353 e. The third-order valence-electron chi connectivity index (χ3n) is 3.72. The number of halogens is 2. The molecule has 0 spiro atoms. The molecule has 1 aromatic heterocycles. The number of piperazine rings is 1. The normalized spacial score (nSPS) is 15.3. The van der Waals surface area contributed by atoms with Crippen LogP contribution in [-0.2, 0) is 4.79 Å². The maximum Gasteiger partial charge on any atom is 0.226 e. The van der Waals surface area contributed by atoms with E-state index in [1.54, 1.807) is 6.20 Å². The minimum Gasteiger partial charge on any atom is -0.353 e. The van der Waals surface area contributed by atoms with Gasteiger partial charge in [0.2, 0.25) is 11.9 Å². The number of hydrogen-bond donors (Lipinski definition) is 1. The highest BCUT2D eigenvalue weighted by molar-refractivity contribution is 5.85. The van der Waals surface area contributed by atoms with Gasteiger partial charge in [0.15, 0.2) is 0 Å². The number of aromatic nitrogens is 2. The van der Waals surface area contributed by atoms with Gasteiger partial charge in [0, 0.05) is 58.9 Å². The molecule has 1 aromatic rings. The summed E-state index contributed by atoms with van der Waals surface area (Å²) in [6, 6.07) is 1.91. The summed E-state index contributed by atoms with van der Waals surface area (Å²) in [4.78, 5) is 26.8. The Morgan fingerprint density at radius 2 is 1.91 bits per heavy atom. The Kier molecular flexibility index (Phi) is 9.19. The molecule has 1 amide bonds. The summed E-state index contributed by atoms with van der Waals surface area (Å²) in [7, 11) is 3.84. The van der Waals surface area contributed by atoms with Crippen LogP contribution in [0.2, 0.25) is 0 Å². The average molecular weight is 365 g/mol. The molecule has 1 fully saturated rings. The number of carbonyl (C=O) groups is 1. The molecule has 0 aliphatic carbocycles. The lowest BCUT2D eigenvalue weighted by Crippen LogP contribution is -2.51. The van der Waals surface area contributed by atoms with Crippen molar-refractivity contribution in [3.63, 3.8) is 0 Å². The minimum absolute atomic E-state index is 0. The first-order valence-electron chi connectivity index (χ1n) is 7.27. The Balaban J connectivity index is 0.00000242. The third kappa shape index (κ3) is 5.37. The van der Waals surface area contributed by atoms with E-state index in [2.05, 4.69) is 14.9 Å². The van der Waals surface area contributed by atoms with E-state index in [1.165, 1.54) is 0 Å². The van der Waals surface area contributed by atoms with Crippen LogP contribution in [0.25, 0.3) is 0 Å². The maximum absolute atomic E-state index is 12.1. The second-order valence-electron chi connectivity index (χ2n) is 5.56. The van der Waals surface area contributed by atoms with Crippen molar-refractivity contribution in [1.29, 1.82) is 0 Å². The Labute approximate surface area is 150 Å². The highest BCUT2D eigenvalue weighted by atomic mass is 35.5. The fourth-order valence-electron chi connectivity index (χ4n) is 2.30. The summed E-state index contributed by atoms with van der Waals surface area (Å²) in [5.74, 6) is 1.65. The van der Waals surface area contributed by atoms with Crippen molar-refractivity contribution in [2.45, 2.75) is 6.92 Å². The van der Waals surface area contributed by atoms with E-state index in [0.717, 1.165) is 18.9 Å². The van der Waals surface area contributed by atoms with E-state index in [0.29, 0.717) is 25.6 Å². The van der Waals surface area contributed by atoms with E-state index >= 15 is 0 Å². The lowest BCUT2D eigenvalue weighted by Gasteiger charge is -2.36. The molecule has 2 rings (SSSR count). The van der Waals surface area contributed by atoms with Crippen molar-refractivity contribution >= 4 is 42.5 Å². The highest BCUT2D eigenvalue weighted by Gasteiger charge is 2.24. The number of anilines is 2. The molecule has 0 saturated carbocycles. The number of carbonyl (C=O) groups excluding carboxylic acids is 1. The van der Waals surface area contributed by atoms with Crippen LogP contribution in [0.5, 0.6) is 0 Å². The molecule has 9 heteroatoms. The molecule has 2 N–H and O–H groups in total. The molecule has 7 nitrogen and oxygen atoms in total. The summed E-state index contributed by atoms with van der Waals surface area (Å²) < 4.78 is 0. The van der Waals surface area contributed by atoms with Gasteiger partial charge in [-0.2, -0.15) is 4.98 Å². The Morgan fingerprint density at radius 3 is 2.43 bits per heavy atom. The predicted octanol–water partition coefficient (Wildman–Crippen LogP) is 0.630. The summed E-state index contributed by atoms with van der Waals surface area (Å²) >= 11 is 0. The smallest absolute Gasteiger partial charge is 0.226 e. The van der Waals surface area contributed by atoms with Crippen LogP contribution in [0.3, 0.4) is 0 Å². The molecule has 0 bridgehead atoms.